The van der Waals surface area contributed by atoms with E-state index in [1.807, 2.05) is 11.0 Å². The summed E-state index contributed by atoms with van der Waals surface area (Å²) >= 11 is 0. The minimum Gasteiger partial charge on any atom is -0.351 e. The summed E-state index contributed by atoms with van der Waals surface area (Å²) in [6.07, 6.45) is 2.15. The van der Waals surface area contributed by atoms with Crippen LogP contribution in [0.1, 0.15) is 29.4 Å². The lowest BCUT2D eigenvalue weighted by molar-refractivity contribution is 0.0646. The molecule has 2 heterocycles. The van der Waals surface area contributed by atoms with E-state index in [4.69, 9.17) is 0 Å². The average molecular weight is 228 g/mol. The van der Waals surface area contributed by atoms with Crippen LogP contribution in [0.2, 0.25) is 0 Å². The third-order valence-electron chi connectivity index (χ3n) is 3.47. The van der Waals surface area contributed by atoms with Gasteiger partial charge in [0.05, 0.1) is 0 Å². The van der Waals surface area contributed by atoms with Crippen LogP contribution in [-0.4, -0.2) is 28.9 Å². The molecular weight excluding hydrogens is 212 g/mol. The van der Waals surface area contributed by atoms with Crippen molar-refractivity contribution in [2.75, 3.05) is 13.1 Å². The smallest absolute Gasteiger partial charge is 0.270 e. The summed E-state index contributed by atoms with van der Waals surface area (Å²) < 4.78 is 0. The Balaban J connectivity index is 1.98. The number of fused-ring (bicyclic) bond motifs is 1. The van der Waals surface area contributed by atoms with E-state index in [2.05, 4.69) is 30.1 Å². The van der Waals surface area contributed by atoms with E-state index >= 15 is 0 Å². The van der Waals surface area contributed by atoms with E-state index in [0.717, 1.165) is 36.8 Å². The van der Waals surface area contributed by atoms with Crippen LogP contribution in [0.5, 0.6) is 0 Å². The molecule has 1 N–H and O–H groups in total. The van der Waals surface area contributed by atoms with Crippen molar-refractivity contribution in [2.24, 2.45) is 0 Å². The van der Waals surface area contributed by atoms with Gasteiger partial charge in [0.25, 0.3) is 5.91 Å². The molecule has 1 amide bonds. The summed E-state index contributed by atoms with van der Waals surface area (Å²) in [7, 11) is 0. The Bertz CT molecular complexity index is 567. The fourth-order valence-electron chi connectivity index (χ4n) is 2.20. The molecule has 0 atom stereocenters. The van der Waals surface area contributed by atoms with Crippen LogP contribution in [0.25, 0.3) is 10.9 Å². The van der Waals surface area contributed by atoms with Gasteiger partial charge in [-0.25, -0.2) is 0 Å². The van der Waals surface area contributed by atoms with Gasteiger partial charge in [-0.05, 0) is 30.5 Å². The van der Waals surface area contributed by atoms with Gasteiger partial charge in [-0.1, -0.05) is 19.1 Å². The number of amides is 1. The highest BCUT2D eigenvalue weighted by atomic mass is 16.2. The lowest BCUT2D eigenvalue weighted by Crippen LogP contribution is -2.42. The highest BCUT2D eigenvalue weighted by molar-refractivity contribution is 5.98. The number of aryl methyl sites for hydroxylation is 1. The molecule has 1 fully saturated rings. The zero-order valence-electron chi connectivity index (χ0n) is 9.99. The molecule has 0 unspecified atom stereocenters. The zero-order valence-corrected chi connectivity index (χ0v) is 9.99. The highest BCUT2D eigenvalue weighted by Crippen LogP contribution is 2.20. The van der Waals surface area contributed by atoms with Gasteiger partial charge in [0.2, 0.25) is 0 Å². The van der Waals surface area contributed by atoms with Crippen LogP contribution in [0.3, 0.4) is 0 Å². The van der Waals surface area contributed by atoms with E-state index < -0.39 is 0 Å². The van der Waals surface area contributed by atoms with Crippen molar-refractivity contribution >= 4 is 16.8 Å². The maximum Gasteiger partial charge on any atom is 0.270 e. The zero-order chi connectivity index (χ0) is 11.8. The second kappa shape index (κ2) is 3.91. The van der Waals surface area contributed by atoms with Gasteiger partial charge in [-0.2, -0.15) is 0 Å². The third kappa shape index (κ3) is 1.71. The molecule has 1 aliphatic rings. The number of aromatic nitrogens is 1. The van der Waals surface area contributed by atoms with Crippen molar-refractivity contribution < 1.29 is 4.79 Å². The molecule has 3 rings (SSSR count). The molecule has 1 aromatic heterocycles. The van der Waals surface area contributed by atoms with Crippen molar-refractivity contribution in [3.8, 4) is 0 Å². The average Bonchev–Trinajstić information content (AvgIpc) is 2.68. The quantitative estimate of drug-likeness (QED) is 0.842. The molecule has 1 aliphatic heterocycles. The molecule has 88 valence electrons. The predicted molar refractivity (Wildman–Crippen MR) is 68.2 cm³/mol. The molecule has 0 spiro atoms. The summed E-state index contributed by atoms with van der Waals surface area (Å²) in [6.45, 7) is 3.93. The van der Waals surface area contributed by atoms with Crippen LogP contribution < -0.4 is 0 Å². The molecule has 1 aromatic carbocycles. The Labute approximate surface area is 100 Å². The molecule has 0 radical (unpaired) electrons. The number of nitrogens with one attached hydrogen (secondary N) is 1. The van der Waals surface area contributed by atoms with Crippen LogP contribution in [0, 0.1) is 0 Å². The van der Waals surface area contributed by atoms with Crippen LogP contribution >= 0.6 is 0 Å². The van der Waals surface area contributed by atoms with E-state index in [1.165, 1.54) is 5.56 Å². The van der Waals surface area contributed by atoms with Gasteiger partial charge in [-0.15, -0.1) is 0 Å². The third-order valence-corrected chi connectivity index (χ3v) is 3.47. The summed E-state index contributed by atoms with van der Waals surface area (Å²) in [5.74, 6) is 0.130. The van der Waals surface area contributed by atoms with Gasteiger partial charge >= 0.3 is 0 Å². The summed E-state index contributed by atoms with van der Waals surface area (Å²) in [5, 5.41) is 1.12. The van der Waals surface area contributed by atoms with Gasteiger partial charge < -0.3 is 9.88 Å². The molecule has 3 nitrogen and oxygen atoms in total. The van der Waals surface area contributed by atoms with Gasteiger partial charge in [0.1, 0.15) is 5.69 Å². The molecule has 0 bridgehead atoms. The number of rotatable bonds is 2. The summed E-state index contributed by atoms with van der Waals surface area (Å²) in [4.78, 5) is 17.2. The first-order chi connectivity index (χ1) is 8.28. The number of nitrogens with zero attached hydrogens (tertiary/aromatic N) is 1. The van der Waals surface area contributed by atoms with E-state index in [1.54, 1.807) is 0 Å². The number of hydrogen-bond acceptors (Lipinski definition) is 1. The van der Waals surface area contributed by atoms with Crippen molar-refractivity contribution in [1.82, 2.24) is 9.88 Å². The van der Waals surface area contributed by atoms with Crippen molar-refractivity contribution in [2.45, 2.75) is 19.8 Å². The Morgan fingerprint density at radius 2 is 2.18 bits per heavy atom. The van der Waals surface area contributed by atoms with Crippen molar-refractivity contribution in [1.29, 1.82) is 0 Å². The standard InChI is InChI=1S/C14H16N2O/c1-2-10-4-5-11-9-13(15-12(11)8-10)14(17)16-6-3-7-16/h4-5,8-9,15H,2-3,6-7H2,1H3. The molecule has 0 saturated carbocycles. The largest absolute Gasteiger partial charge is 0.351 e. The first-order valence-corrected chi connectivity index (χ1v) is 6.19. The number of likely N-dealkylation sites (tertiary alicyclic amines) is 1. The Kier molecular flexibility index (Phi) is 2.39. The maximum absolute atomic E-state index is 12.0. The van der Waals surface area contributed by atoms with Gasteiger partial charge in [-0.3, -0.25) is 4.79 Å². The van der Waals surface area contributed by atoms with Crippen LogP contribution in [-0.2, 0) is 6.42 Å². The lowest BCUT2D eigenvalue weighted by atomic mass is 10.1. The minimum atomic E-state index is 0.130. The summed E-state index contributed by atoms with van der Waals surface area (Å²) in [6, 6.07) is 8.28. The molecule has 0 aliphatic carbocycles. The molecule has 17 heavy (non-hydrogen) atoms. The Morgan fingerprint density at radius 3 is 2.82 bits per heavy atom. The fraction of sp³-hybridized carbons (Fsp3) is 0.357. The minimum absolute atomic E-state index is 0.130. The molecule has 2 aromatic rings. The number of carbonyl (C=O) groups excluding carboxylic acids is 1. The topological polar surface area (TPSA) is 36.1 Å². The molecule has 3 heteroatoms. The van der Waals surface area contributed by atoms with Crippen LogP contribution in [0.4, 0.5) is 0 Å². The Hall–Kier alpha value is -1.77. The number of hydrogen-bond donors (Lipinski definition) is 1. The summed E-state index contributed by atoms with van der Waals surface area (Å²) in [5.41, 5.74) is 3.07. The number of H-pyrrole nitrogens is 1. The number of benzene rings is 1. The lowest BCUT2D eigenvalue weighted by Gasteiger charge is -2.30. The van der Waals surface area contributed by atoms with Gasteiger partial charge in [0.15, 0.2) is 0 Å². The maximum atomic E-state index is 12.0. The van der Waals surface area contributed by atoms with Crippen LogP contribution in [0.15, 0.2) is 24.3 Å². The predicted octanol–water partition coefficient (Wildman–Crippen LogP) is 2.58. The number of carbonyl (C=O) groups is 1. The van der Waals surface area contributed by atoms with E-state index in [-0.39, 0.29) is 5.91 Å². The second-order valence-corrected chi connectivity index (χ2v) is 4.60. The first kappa shape index (κ1) is 10.4. The SMILES string of the molecule is CCc1ccc2cc(C(=O)N3CCC3)[nH]c2c1. The van der Waals surface area contributed by atoms with Crippen molar-refractivity contribution in [3.63, 3.8) is 0 Å². The van der Waals surface area contributed by atoms with E-state index in [0.29, 0.717) is 5.69 Å². The van der Waals surface area contributed by atoms with Gasteiger partial charge in [0, 0.05) is 24.0 Å². The Morgan fingerprint density at radius 1 is 1.35 bits per heavy atom. The van der Waals surface area contributed by atoms with E-state index in [9.17, 15) is 4.79 Å². The monoisotopic (exact) mass is 228 g/mol. The normalized spacial score (nSPS) is 15.0. The van der Waals surface area contributed by atoms with Crippen molar-refractivity contribution in [3.05, 3.63) is 35.5 Å². The second-order valence-electron chi connectivity index (χ2n) is 4.60. The highest BCUT2D eigenvalue weighted by Gasteiger charge is 2.22. The molecular formula is C14H16N2O. The number of aromatic amines is 1. The molecule has 1 saturated heterocycles. The first-order valence-electron chi connectivity index (χ1n) is 6.19. The fourth-order valence-corrected chi connectivity index (χ4v) is 2.20.